The molecule has 0 bridgehead atoms. The molecule has 4 heterocycles. The number of nitrogens with zero attached hydrogens (tertiary/aromatic N) is 3. The predicted molar refractivity (Wildman–Crippen MR) is 191 cm³/mol. The molecule has 3 aromatic rings. The highest BCUT2D eigenvalue weighted by Crippen LogP contribution is 2.46. The van der Waals surface area contributed by atoms with Gasteiger partial charge in [-0.1, -0.05) is 12.2 Å². The van der Waals surface area contributed by atoms with Crippen LogP contribution in [0.15, 0.2) is 35.7 Å². The number of thiazole rings is 1. The van der Waals surface area contributed by atoms with Crippen LogP contribution in [0.4, 0.5) is 0 Å². The van der Waals surface area contributed by atoms with E-state index in [2.05, 4.69) is 15.0 Å². The maximum Gasteiger partial charge on any atom is 0.259 e. The number of aryl methyl sites for hydroxylation is 2. The average Bonchev–Trinajstić information content (AvgIpc) is 3.99. The van der Waals surface area contributed by atoms with Crippen molar-refractivity contribution >= 4 is 50.0 Å². The normalized spacial score (nSPS) is 27.2. The average molecular weight is 738 g/mol. The van der Waals surface area contributed by atoms with Crippen LogP contribution in [0, 0.1) is 19.8 Å². The summed E-state index contributed by atoms with van der Waals surface area (Å²) in [6.45, 7) is 5.99. The Morgan fingerprint density at radius 2 is 1.94 bits per heavy atom. The summed E-state index contributed by atoms with van der Waals surface area (Å²) in [5, 5.41) is 5.87. The van der Waals surface area contributed by atoms with Crippen molar-refractivity contribution in [1.29, 1.82) is 0 Å². The third-order valence-corrected chi connectivity index (χ3v) is 12.8. The number of hydrogen-bond acceptors (Lipinski definition) is 11. The number of allylic oxidation sites excluding steroid dienone is 1. The molecule has 2 aliphatic carbocycles. The molecule has 2 N–H and O–H groups in total. The lowest BCUT2D eigenvalue weighted by Gasteiger charge is -2.28. The topological polar surface area (TPSA) is 166 Å². The van der Waals surface area contributed by atoms with Crippen LogP contribution in [0.25, 0.3) is 22.3 Å². The monoisotopic (exact) mass is 737 g/mol. The van der Waals surface area contributed by atoms with Gasteiger partial charge in [0.1, 0.15) is 35.3 Å². The summed E-state index contributed by atoms with van der Waals surface area (Å²) in [6, 6.07) is 4.56. The summed E-state index contributed by atoms with van der Waals surface area (Å²) < 4.78 is 46.0. The van der Waals surface area contributed by atoms with Gasteiger partial charge in [0.2, 0.25) is 15.9 Å². The summed E-state index contributed by atoms with van der Waals surface area (Å²) >= 11 is 1.51. The molecule has 3 fully saturated rings. The van der Waals surface area contributed by atoms with E-state index < -0.39 is 50.9 Å². The maximum atomic E-state index is 14.2. The van der Waals surface area contributed by atoms with Gasteiger partial charge < -0.3 is 24.4 Å². The largest absolute Gasteiger partial charge is 0.496 e. The van der Waals surface area contributed by atoms with Gasteiger partial charge in [0.15, 0.2) is 0 Å². The molecule has 1 saturated heterocycles. The molecular weight excluding hydrogens is 695 g/mol. The van der Waals surface area contributed by atoms with Gasteiger partial charge in [-0.05, 0) is 71.4 Å². The maximum absolute atomic E-state index is 14.2. The van der Waals surface area contributed by atoms with E-state index in [1.165, 1.54) is 16.2 Å². The first-order valence-corrected chi connectivity index (χ1v) is 19.9. The molecule has 51 heavy (non-hydrogen) atoms. The number of nitrogens with one attached hydrogen (secondary N) is 2. The smallest absolute Gasteiger partial charge is 0.259 e. The van der Waals surface area contributed by atoms with Crippen molar-refractivity contribution in [2.45, 2.75) is 94.8 Å². The van der Waals surface area contributed by atoms with E-state index in [1.54, 1.807) is 14.0 Å². The van der Waals surface area contributed by atoms with E-state index in [9.17, 15) is 22.8 Å². The second kappa shape index (κ2) is 13.8. The Labute approximate surface area is 301 Å². The molecule has 2 saturated carbocycles. The van der Waals surface area contributed by atoms with E-state index in [4.69, 9.17) is 19.2 Å². The Morgan fingerprint density at radius 1 is 1.14 bits per heavy atom. The molecule has 0 radical (unpaired) electrons. The first-order chi connectivity index (χ1) is 24.4. The Hall–Kier alpha value is -4.08. The number of amides is 3. The Morgan fingerprint density at radius 3 is 2.67 bits per heavy atom. The fourth-order valence-electron chi connectivity index (χ4n) is 7.02. The number of pyridine rings is 1. The van der Waals surface area contributed by atoms with Crippen molar-refractivity contribution in [1.82, 2.24) is 24.9 Å². The molecule has 13 nitrogen and oxygen atoms in total. The minimum atomic E-state index is -3.85. The van der Waals surface area contributed by atoms with Crippen LogP contribution in [-0.4, -0.2) is 90.3 Å². The minimum Gasteiger partial charge on any atom is -0.496 e. The third kappa shape index (κ3) is 7.07. The molecule has 0 spiro atoms. The van der Waals surface area contributed by atoms with Crippen molar-refractivity contribution in [2.75, 3.05) is 20.3 Å². The SMILES string of the molecule is COc1ccc2c(OC3CC4C(=O)NC5(C(=O)NS(=O)(=O)C6CC6)CC5C=CCCCCOC(C)C(=O)N4C3)cc(-c3csc(C)n3)nc2c1C. The first kappa shape index (κ1) is 35.3. The molecule has 4 aliphatic rings. The summed E-state index contributed by atoms with van der Waals surface area (Å²) in [4.78, 5) is 52.8. The zero-order chi connectivity index (χ0) is 36.1. The molecule has 1 aromatic carbocycles. The lowest BCUT2D eigenvalue weighted by atomic mass is 10.1. The lowest BCUT2D eigenvalue weighted by molar-refractivity contribution is -0.147. The number of methoxy groups -OCH3 is 1. The van der Waals surface area contributed by atoms with Gasteiger partial charge in [0, 0.05) is 41.3 Å². The fourth-order valence-corrected chi connectivity index (χ4v) is 8.99. The molecule has 2 aromatic heterocycles. The number of sulfonamides is 1. The van der Waals surface area contributed by atoms with E-state index >= 15 is 0 Å². The van der Waals surface area contributed by atoms with Crippen molar-refractivity contribution in [3.05, 3.63) is 46.3 Å². The van der Waals surface area contributed by atoms with Crippen LogP contribution in [0.3, 0.4) is 0 Å². The third-order valence-electron chi connectivity index (χ3n) is 10.2. The molecule has 7 rings (SSSR count). The Balaban J connectivity index is 1.21. The highest BCUT2D eigenvalue weighted by molar-refractivity contribution is 7.91. The molecular formula is C36H43N5O8S2. The number of rotatable bonds is 7. The van der Waals surface area contributed by atoms with Gasteiger partial charge >= 0.3 is 0 Å². The highest BCUT2D eigenvalue weighted by atomic mass is 32.2. The van der Waals surface area contributed by atoms with Crippen LogP contribution in [0.1, 0.15) is 62.4 Å². The lowest BCUT2D eigenvalue weighted by Crippen LogP contribution is -2.57. The molecule has 15 heteroatoms. The van der Waals surface area contributed by atoms with E-state index in [0.29, 0.717) is 47.9 Å². The van der Waals surface area contributed by atoms with Gasteiger partial charge in [0.05, 0.1) is 40.8 Å². The second-order valence-electron chi connectivity index (χ2n) is 13.9. The zero-order valence-electron chi connectivity index (χ0n) is 29.1. The van der Waals surface area contributed by atoms with Gasteiger partial charge in [-0.15, -0.1) is 11.3 Å². The number of aromatic nitrogens is 2. The first-order valence-electron chi connectivity index (χ1n) is 17.4. The number of fused-ring (bicyclic) bond motifs is 3. The van der Waals surface area contributed by atoms with Gasteiger partial charge in [-0.2, -0.15) is 0 Å². The van der Waals surface area contributed by atoms with Crippen LogP contribution < -0.4 is 19.5 Å². The van der Waals surface area contributed by atoms with Crippen molar-refractivity contribution < 1.29 is 37.0 Å². The number of carbonyl (C=O) groups is 3. The zero-order valence-corrected chi connectivity index (χ0v) is 30.8. The summed E-state index contributed by atoms with van der Waals surface area (Å²) in [5.74, 6) is -0.858. The fraction of sp³-hybridized carbons (Fsp3) is 0.528. The van der Waals surface area contributed by atoms with Crippen molar-refractivity contribution in [3.63, 3.8) is 0 Å². The van der Waals surface area contributed by atoms with Gasteiger partial charge in [-0.25, -0.2) is 18.4 Å². The summed E-state index contributed by atoms with van der Waals surface area (Å²) in [7, 11) is -2.25. The predicted octanol–water partition coefficient (Wildman–Crippen LogP) is 3.96. The van der Waals surface area contributed by atoms with E-state index in [1.807, 2.05) is 49.6 Å². The van der Waals surface area contributed by atoms with Crippen LogP contribution >= 0.6 is 11.3 Å². The van der Waals surface area contributed by atoms with Gasteiger partial charge in [0.25, 0.3) is 11.8 Å². The van der Waals surface area contributed by atoms with Crippen LogP contribution in [0.5, 0.6) is 11.5 Å². The van der Waals surface area contributed by atoms with Crippen LogP contribution in [-0.2, 0) is 29.1 Å². The van der Waals surface area contributed by atoms with E-state index in [0.717, 1.165) is 35.2 Å². The summed E-state index contributed by atoms with van der Waals surface area (Å²) in [6.07, 6.45) is 6.05. The minimum absolute atomic E-state index is 0.0906. The second-order valence-corrected chi connectivity index (χ2v) is 16.9. The van der Waals surface area contributed by atoms with Gasteiger partial charge in [-0.3, -0.25) is 19.1 Å². The number of carbonyl (C=O) groups excluding carboxylic acids is 3. The molecule has 5 unspecified atom stereocenters. The quantitative estimate of drug-likeness (QED) is 0.339. The standard InChI is InChI=1S/C36H43N5O8S2/c1-20-30(47-4)13-12-26-31(16-27(38-32(20)26)28-19-50-22(3)37-28)49-24-15-29-33(42)39-36(35(44)40-51(45,46)25-10-11-25)17-23(36)9-7-5-6-8-14-48-21(2)34(43)41(29)18-24/h7,9,12-13,16,19,21,23-25,29H,5-6,8,10-11,14-15,17-18H2,1-4H3,(H,39,42)(H,40,44). The molecule has 3 amide bonds. The number of benzene rings is 1. The van der Waals surface area contributed by atoms with Crippen LogP contribution in [0.2, 0.25) is 0 Å². The molecule has 2 aliphatic heterocycles. The Kier molecular flexibility index (Phi) is 9.56. The number of ether oxygens (including phenoxy) is 3. The Bertz CT molecular complexity index is 2010. The van der Waals surface area contributed by atoms with E-state index in [-0.39, 0.29) is 31.2 Å². The summed E-state index contributed by atoms with van der Waals surface area (Å²) in [5.41, 5.74) is 1.38. The molecule has 272 valence electrons. The number of hydrogen-bond donors (Lipinski definition) is 2. The highest BCUT2D eigenvalue weighted by Gasteiger charge is 2.62. The van der Waals surface area contributed by atoms with Crippen molar-refractivity contribution in [2.24, 2.45) is 5.92 Å². The van der Waals surface area contributed by atoms with Crippen molar-refractivity contribution in [3.8, 4) is 22.9 Å². The molecule has 5 atom stereocenters.